The fourth-order valence-corrected chi connectivity index (χ4v) is 2.06. The van der Waals surface area contributed by atoms with Gasteiger partial charge in [-0.3, -0.25) is 9.69 Å². The Morgan fingerprint density at radius 1 is 1.30 bits per heavy atom. The summed E-state index contributed by atoms with van der Waals surface area (Å²) in [5.41, 5.74) is 0. The van der Waals surface area contributed by atoms with Crippen LogP contribution in [0.1, 0.15) is 45.4 Å². The Morgan fingerprint density at radius 3 is 2.57 bits per heavy atom. The molecular weight excluding hydrogens is 323 g/mol. The van der Waals surface area contributed by atoms with Gasteiger partial charge in [0.15, 0.2) is 0 Å². The summed E-state index contributed by atoms with van der Waals surface area (Å²) in [7, 11) is 0. The first-order valence-corrected chi connectivity index (χ1v) is 7.89. The molecule has 0 aromatic rings. The average Bonchev–Trinajstić information content (AvgIpc) is 2.43. The normalized spacial score (nSPS) is 12.7. The van der Waals surface area contributed by atoms with Gasteiger partial charge in [0, 0.05) is 19.6 Å². The van der Waals surface area contributed by atoms with E-state index in [2.05, 4.69) is 11.6 Å². The van der Waals surface area contributed by atoms with E-state index in [1.165, 1.54) is 0 Å². The van der Waals surface area contributed by atoms with Gasteiger partial charge < -0.3 is 20.3 Å². The van der Waals surface area contributed by atoms with Crippen LogP contribution in [0, 0.1) is 0 Å². The second kappa shape index (κ2) is 17.1. The number of rotatable bonds is 14. The number of carboxylic acid groups (broad SMARTS) is 1. The molecule has 0 rings (SSSR count). The molecule has 1 atom stereocenters. The minimum atomic E-state index is -0.872. The predicted molar refractivity (Wildman–Crippen MR) is 86.0 cm³/mol. The fraction of sp³-hybridized carbons (Fsp3) is 0.750. The van der Waals surface area contributed by atoms with Crippen LogP contribution in [0.2, 0.25) is 0 Å². The molecule has 0 aliphatic carbocycles. The second-order valence-corrected chi connectivity index (χ2v) is 5.46. The molecular formula is C16H29KN2O4. The van der Waals surface area contributed by atoms with Crippen molar-refractivity contribution in [1.82, 2.24) is 4.90 Å². The van der Waals surface area contributed by atoms with Crippen molar-refractivity contribution in [2.45, 2.75) is 51.6 Å². The van der Waals surface area contributed by atoms with Gasteiger partial charge in [-0.1, -0.05) is 12.5 Å². The summed E-state index contributed by atoms with van der Waals surface area (Å²) in [4.78, 5) is 16.4. The van der Waals surface area contributed by atoms with Crippen molar-refractivity contribution in [3.05, 3.63) is 12.7 Å². The summed E-state index contributed by atoms with van der Waals surface area (Å²) < 4.78 is 0. The molecule has 0 aromatic carbocycles. The molecule has 0 amide bonds. The number of hydrogen-bond acceptors (Lipinski definition) is 5. The molecule has 0 aliphatic heterocycles. The van der Waals surface area contributed by atoms with Crippen LogP contribution in [0.15, 0.2) is 17.6 Å². The quantitative estimate of drug-likeness (QED) is 0.124. The van der Waals surface area contributed by atoms with Crippen LogP contribution in [0.5, 0.6) is 0 Å². The van der Waals surface area contributed by atoms with Gasteiger partial charge in [-0.15, -0.1) is 6.58 Å². The number of hydrogen-bond donors (Lipinski definition) is 2. The maximum Gasteiger partial charge on any atom is 1.00 e. The molecule has 0 saturated heterocycles. The fourth-order valence-electron chi connectivity index (χ4n) is 2.06. The van der Waals surface area contributed by atoms with E-state index < -0.39 is 12.1 Å². The Kier molecular flexibility index (Phi) is 18.9. The van der Waals surface area contributed by atoms with E-state index in [-0.39, 0.29) is 63.7 Å². The molecule has 2 N–H and O–H groups in total. The molecule has 0 fully saturated rings. The largest absolute Gasteiger partial charge is 1.00 e. The molecule has 128 valence electrons. The van der Waals surface area contributed by atoms with Crippen LogP contribution >= 0.6 is 0 Å². The van der Waals surface area contributed by atoms with Crippen molar-refractivity contribution in [3.8, 4) is 0 Å². The minimum absolute atomic E-state index is 0. The Hall–Kier alpha value is 0.236. The van der Waals surface area contributed by atoms with E-state index >= 15 is 0 Å². The number of aliphatic carboxylic acids is 1. The molecule has 0 radical (unpaired) electrons. The van der Waals surface area contributed by atoms with Crippen molar-refractivity contribution < 1.29 is 71.5 Å². The Balaban J connectivity index is 0. The van der Waals surface area contributed by atoms with Gasteiger partial charge in [-0.2, -0.15) is 0 Å². The number of carboxylic acids is 1. The Bertz CT molecular complexity index is 349. The third-order valence-corrected chi connectivity index (χ3v) is 3.17. The van der Waals surface area contributed by atoms with E-state index in [0.29, 0.717) is 32.6 Å². The molecule has 0 bridgehead atoms. The van der Waals surface area contributed by atoms with Gasteiger partial charge in [-0.25, -0.2) is 0 Å². The molecule has 0 spiro atoms. The van der Waals surface area contributed by atoms with Crippen molar-refractivity contribution in [1.29, 1.82) is 0 Å². The van der Waals surface area contributed by atoms with Crippen LogP contribution in [0.4, 0.5) is 0 Å². The number of carbonyl (C=O) groups is 1. The molecule has 0 aromatic heterocycles. The summed E-state index contributed by atoms with van der Waals surface area (Å²) in [6.45, 7) is 6.88. The zero-order chi connectivity index (χ0) is 16.8. The summed E-state index contributed by atoms with van der Waals surface area (Å²) in [5.74, 6) is -0.975. The molecule has 1 unspecified atom stereocenters. The second-order valence-electron chi connectivity index (χ2n) is 5.46. The third-order valence-electron chi connectivity index (χ3n) is 3.17. The third kappa shape index (κ3) is 18.4. The standard InChI is InChI=1S/C16H30N2O4.K/c1-3-4-5-6-7-8-15(20)17-10-12-18(13-14(2)19)11-9-16(21)22;/h3,14,19H,1,4-13H2,2H3,(H,17,20)(H,21,22);/q;+1/p-1. The molecule has 6 nitrogen and oxygen atoms in total. The van der Waals surface area contributed by atoms with Crippen molar-refractivity contribution >= 4 is 11.9 Å². The SMILES string of the molecule is C=CCCCCCC([O-])=NCCN(CCC(=O)O)CC(C)O.[K+]. The van der Waals surface area contributed by atoms with Gasteiger partial charge in [0.25, 0.3) is 0 Å². The molecule has 7 heteroatoms. The van der Waals surface area contributed by atoms with E-state index in [1.54, 1.807) is 6.92 Å². The first kappa shape index (κ1) is 25.5. The van der Waals surface area contributed by atoms with Crippen molar-refractivity contribution in [3.63, 3.8) is 0 Å². The maximum absolute atomic E-state index is 11.6. The average molecular weight is 353 g/mol. The number of unbranched alkanes of at least 4 members (excludes halogenated alkanes) is 3. The van der Waals surface area contributed by atoms with E-state index in [0.717, 1.165) is 25.7 Å². The summed E-state index contributed by atoms with van der Waals surface area (Å²) in [6.07, 6.45) is 5.69. The minimum Gasteiger partial charge on any atom is -0.862 e. The number of allylic oxidation sites excluding steroid dienone is 1. The van der Waals surface area contributed by atoms with E-state index in [9.17, 15) is 15.0 Å². The predicted octanol–water partition coefficient (Wildman–Crippen LogP) is -1.96. The van der Waals surface area contributed by atoms with Crippen LogP contribution < -0.4 is 56.5 Å². The van der Waals surface area contributed by atoms with Gasteiger partial charge >= 0.3 is 57.4 Å². The molecule has 0 saturated carbocycles. The van der Waals surface area contributed by atoms with Crippen molar-refractivity contribution in [2.75, 3.05) is 26.2 Å². The zero-order valence-corrected chi connectivity index (χ0v) is 17.7. The van der Waals surface area contributed by atoms with E-state index in [1.807, 2.05) is 11.0 Å². The smallest absolute Gasteiger partial charge is 0.862 e. The summed E-state index contributed by atoms with van der Waals surface area (Å²) >= 11 is 0. The van der Waals surface area contributed by atoms with Gasteiger partial charge in [-0.05, 0) is 38.5 Å². The maximum atomic E-state index is 11.6. The monoisotopic (exact) mass is 352 g/mol. The van der Waals surface area contributed by atoms with Crippen LogP contribution in [-0.2, 0) is 4.79 Å². The van der Waals surface area contributed by atoms with E-state index in [4.69, 9.17) is 5.11 Å². The first-order chi connectivity index (χ1) is 10.5. The van der Waals surface area contributed by atoms with Gasteiger partial charge in [0.05, 0.1) is 19.1 Å². The number of aliphatic imine (C=N–C) groups is 1. The first-order valence-electron chi connectivity index (χ1n) is 7.89. The number of nitrogens with zero attached hydrogens (tertiary/aromatic N) is 2. The zero-order valence-electron chi connectivity index (χ0n) is 14.5. The van der Waals surface area contributed by atoms with Gasteiger partial charge in [0.2, 0.25) is 0 Å². The van der Waals surface area contributed by atoms with Crippen molar-refractivity contribution in [2.24, 2.45) is 4.99 Å². The summed E-state index contributed by atoms with van der Waals surface area (Å²) in [6, 6.07) is 0. The Labute approximate surface area is 182 Å². The molecule has 23 heavy (non-hydrogen) atoms. The molecule has 0 heterocycles. The number of aliphatic hydroxyl groups is 1. The van der Waals surface area contributed by atoms with Gasteiger partial charge in [0.1, 0.15) is 0 Å². The topological polar surface area (TPSA) is 96.2 Å². The molecule has 0 aliphatic rings. The Morgan fingerprint density at radius 2 is 2.00 bits per heavy atom. The number of aliphatic hydroxyl groups excluding tert-OH is 1. The van der Waals surface area contributed by atoms with Crippen LogP contribution in [-0.4, -0.2) is 59.3 Å². The van der Waals surface area contributed by atoms with Crippen LogP contribution in [0.25, 0.3) is 0 Å². The summed E-state index contributed by atoms with van der Waals surface area (Å²) in [5, 5.41) is 29.7. The van der Waals surface area contributed by atoms with Crippen LogP contribution in [0.3, 0.4) is 0 Å².